The molecule has 49 heavy (non-hydrogen) atoms. The maximum atomic E-state index is 11.1. The van der Waals surface area contributed by atoms with Crippen LogP contribution in [0.15, 0.2) is 37.9 Å². The minimum absolute atomic E-state index is 0.0865. The number of cyclic esters (lactones) is 1. The van der Waals surface area contributed by atoms with Gasteiger partial charge in [0.25, 0.3) is 0 Å². The van der Waals surface area contributed by atoms with Gasteiger partial charge >= 0.3 is 11.8 Å². The van der Waals surface area contributed by atoms with Gasteiger partial charge in [-0.25, -0.2) is 9.59 Å². The molecule has 2 unspecified atom stereocenters. The van der Waals surface area contributed by atoms with Crippen molar-refractivity contribution in [2.45, 2.75) is 90.0 Å². The van der Waals surface area contributed by atoms with Crippen LogP contribution in [-0.2, 0) is 44.5 Å². The van der Waals surface area contributed by atoms with Gasteiger partial charge < -0.3 is 46.7 Å². The van der Waals surface area contributed by atoms with E-state index in [0.717, 1.165) is 64.5 Å². The number of hydrogen-bond donors (Lipinski definition) is 0. The number of benzene rings is 1. The lowest BCUT2D eigenvalue weighted by Gasteiger charge is -2.25. The van der Waals surface area contributed by atoms with Gasteiger partial charge in [0.2, 0.25) is 6.29 Å². The molecule has 1 aromatic carbocycles. The van der Waals surface area contributed by atoms with Crippen LogP contribution in [0.4, 0.5) is 0 Å². The zero-order valence-corrected chi connectivity index (χ0v) is 30.8. The van der Waals surface area contributed by atoms with Gasteiger partial charge in [-0.15, -0.1) is 0 Å². The van der Waals surface area contributed by atoms with E-state index in [1.807, 2.05) is 12.1 Å². The number of carbonyl (C=O) groups excluding carboxylic acids is 1. The summed E-state index contributed by atoms with van der Waals surface area (Å²) in [4.78, 5) is 23.9. The fraction of sp³-hybridized carbons (Fsp3) is 0.722. The van der Waals surface area contributed by atoms with Crippen LogP contribution >= 0.6 is 0 Å². The molecular weight excluding hydrogens is 638 g/mol. The van der Waals surface area contributed by atoms with Crippen molar-refractivity contribution < 1.29 is 51.5 Å². The highest BCUT2D eigenvalue weighted by molar-refractivity contribution is 5.93. The van der Waals surface area contributed by atoms with Crippen LogP contribution in [-0.4, -0.2) is 110 Å². The summed E-state index contributed by atoms with van der Waals surface area (Å²) in [6.45, 7) is 12.7. The number of carbonyl (C=O) groups is 1. The summed E-state index contributed by atoms with van der Waals surface area (Å²) >= 11 is 0. The third-order valence-corrected chi connectivity index (χ3v) is 8.23. The van der Waals surface area contributed by atoms with Crippen molar-refractivity contribution in [1.82, 2.24) is 4.90 Å². The summed E-state index contributed by atoms with van der Waals surface area (Å²) in [5.74, 6) is -0.0543. The van der Waals surface area contributed by atoms with E-state index in [0.29, 0.717) is 29.3 Å². The molecule has 4 aliphatic rings. The fourth-order valence-corrected chi connectivity index (χ4v) is 5.48. The molecule has 2 saturated heterocycles. The predicted molar refractivity (Wildman–Crippen MR) is 183 cm³/mol. The smallest absolute Gasteiger partial charge is 0.428 e. The summed E-state index contributed by atoms with van der Waals surface area (Å²) < 4.78 is 49.7. The molecule has 1 aliphatic carbocycles. The van der Waals surface area contributed by atoms with E-state index < -0.39 is 12.1 Å². The van der Waals surface area contributed by atoms with Crippen molar-refractivity contribution in [2.75, 3.05) is 81.6 Å². The first kappa shape index (κ1) is 42.5. The third kappa shape index (κ3) is 16.3. The molecule has 6 rings (SSSR count). The minimum atomic E-state index is -0.676. The molecule has 13 nitrogen and oxygen atoms in total. The normalized spacial score (nSPS) is 21.1. The Balaban J connectivity index is 0.000000215. The average Bonchev–Trinajstić information content (AvgIpc) is 3.89. The number of esters is 1. The molecule has 2 atom stereocenters. The van der Waals surface area contributed by atoms with Gasteiger partial charge in [-0.1, -0.05) is 31.0 Å². The number of morpholine rings is 1. The maximum absolute atomic E-state index is 11.1. The molecule has 0 spiro atoms. The lowest BCUT2D eigenvalue weighted by molar-refractivity contribution is -0.0816. The van der Waals surface area contributed by atoms with E-state index in [1.165, 1.54) is 39.9 Å². The van der Waals surface area contributed by atoms with E-state index in [-0.39, 0.29) is 18.2 Å². The minimum Gasteiger partial charge on any atom is -0.428 e. The largest absolute Gasteiger partial charge is 0.519 e. The average molecular weight is 698 g/mol. The molecule has 0 amide bonds. The van der Waals surface area contributed by atoms with E-state index in [2.05, 4.69) is 27.6 Å². The number of hydrogen-bond acceptors (Lipinski definition) is 13. The molecule has 280 valence electrons. The Bertz CT molecular complexity index is 1220. The first-order chi connectivity index (χ1) is 23.6. The molecule has 4 heterocycles. The quantitative estimate of drug-likeness (QED) is 0.313. The van der Waals surface area contributed by atoms with Crippen molar-refractivity contribution in [2.24, 2.45) is 0 Å². The van der Waals surface area contributed by atoms with Gasteiger partial charge in [-0.3, -0.25) is 4.90 Å². The zero-order chi connectivity index (χ0) is 36.1. The lowest BCUT2D eigenvalue weighted by Crippen LogP contribution is -2.38. The van der Waals surface area contributed by atoms with Crippen LogP contribution in [0.5, 0.6) is 0 Å². The van der Waals surface area contributed by atoms with Crippen LogP contribution in [0, 0.1) is 6.92 Å². The third-order valence-electron chi connectivity index (χ3n) is 8.23. The van der Waals surface area contributed by atoms with Crippen molar-refractivity contribution in [1.29, 1.82) is 0 Å². The van der Waals surface area contributed by atoms with E-state index >= 15 is 0 Å². The molecule has 0 bridgehead atoms. The zero-order valence-electron chi connectivity index (χ0n) is 30.8. The summed E-state index contributed by atoms with van der Waals surface area (Å²) in [6, 6.07) is 7.22. The highest BCUT2D eigenvalue weighted by Crippen LogP contribution is 2.30. The van der Waals surface area contributed by atoms with Crippen molar-refractivity contribution >= 4 is 5.97 Å². The van der Waals surface area contributed by atoms with E-state index in [4.69, 9.17) is 37.9 Å². The number of methoxy groups -OCH3 is 5. The number of fused-ring (bicyclic) bond motifs is 1. The van der Waals surface area contributed by atoms with Crippen LogP contribution in [0.3, 0.4) is 0 Å². The monoisotopic (exact) mass is 697 g/mol. The lowest BCUT2D eigenvalue weighted by atomic mass is 10.1. The summed E-state index contributed by atoms with van der Waals surface area (Å²) in [6.07, 6.45) is 8.03. The van der Waals surface area contributed by atoms with Crippen molar-refractivity contribution in [3.8, 4) is 0 Å². The summed E-state index contributed by atoms with van der Waals surface area (Å²) in [5, 5.41) is 0. The van der Waals surface area contributed by atoms with E-state index in [1.54, 1.807) is 40.4 Å². The maximum Gasteiger partial charge on any atom is 0.519 e. The van der Waals surface area contributed by atoms with Crippen molar-refractivity contribution in [3.05, 3.63) is 57.5 Å². The molecule has 13 heteroatoms. The first-order valence-corrected chi connectivity index (χ1v) is 17.0. The Morgan fingerprint density at radius 1 is 0.878 bits per heavy atom. The van der Waals surface area contributed by atoms with Crippen LogP contribution in [0.25, 0.3) is 0 Å². The highest BCUT2D eigenvalue weighted by Gasteiger charge is 2.31. The molecule has 3 fully saturated rings. The number of nitrogens with zero attached hydrogens (tertiary/aromatic N) is 1. The molecule has 1 aromatic heterocycles. The first-order valence-electron chi connectivity index (χ1n) is 17.0. The SMILES string of the molecule is COC1CCCC1.COC1OC(=O)c2ccccc21.COCC1CCC(C)(C)O1.COCCN1CCOCC1.COCc1oc(=O)oc1C. The van der Waals surface area contributed by atoms with Gasteiger partial charge in [-0.2, -0.15) is 0 Å². The Morgan fingerprint density at radius 3 is 2.08 bits per heavy atom. The Labute approximate surface area is 291 Å². The number of rotatable bonds is 9. The van der Waals surface area contributed by atoms with Gasteiger partial charge in [-0.05, 0) is 52.5 Å². The standard InChI is InChI=1S/C9H8O3.C8H16O2.C7H15NO2.C6H8O4.C6H12O/c1-11-9-7-5-3-2-4-6(7)8(10)12-9;1-8(2)5-4-7(10-8)6-9-3;1-9-5-2-8-3-6-10-7-4-8;1-4-5(3-8-2)10-6(7)9-4;1-7-6-4-2-3-5-6/h2-5,9H,1H3;7H,4-6H2,1-3H3;2-7H2,1H3;3H2,1-2H3;6H,2-5H2,1H3. The van der Waals surface area contributed by atoms with Gasteiger partial charge in [0.05, 0.1) is 49.8 Å². The Kier molecular flexibility index (Phi) is 20.6. The van der Waals surface area contributed by atoms with Crippen LogP contribution in [0.2, 0.25) is 0 Å². The Morgan fingerprint density at radius 2 is 1.57 bits per heavy atom. The predicted octanol–water partition coefficient (Wildman–Crippen LogP) is 5.32. The highest BCUT2D eigenvalue weighted by atomic mass is 16.7. The summed E-state index contributed by atoms with van der Waals surface area (Å²) in [5.41, 5.74) is 1.50. The molecule has 0 N–H and O–H groups in total. The number of ether oxygens (including phenoxy) is 8. The second kappa shape index (κ2) is 23.7. The molecule has 2 aromatic rings. The van der Waals surface area contributed by atoms with Gasteiger partial charge in [0.15, 0.2) is 5.76 Å². The molecule has 1 saturated carbocycles. The second-order valence-electron chi connectivity index (χ2n) is 12.5. The number of aryl methyl sites for hydroxylation is 1. The summed E-state index contributed by atoms with van der Waals surface area (Å²) in [7, 11) is 8.29. The Hall–Kier alpha value is -2.62. The second-order valence-corrected chi connectivity index (χ2v) is 12.5. The van der Waals surface area contributed by atoms with Gasteiger partial charge in [0, 0.05) is 60.7 Å². The molecule has 3 aliphatic heterocycles. The van der Waals surface area contributed by atoms with Gasteiger partial charge in [0.1, 0.15) is 12.4 Å². The van der Waals surface area contributed by atoms with Crippen LogP contribution in [0.1, 0.15) is 86.1 Å². The van der Waals surface area contributed by atoms with E-state index in [9.17, 15) is 9.59 Å². The molecular formula is C36H59NO12. The topological polar surface area (TPSA) is 138 Å². The van der Waals surface area contributed by atoms with Crippen LogP contribution < -0.4 is 5.82 Å². The fourth-order valence-electron chi connectivity index (χ4n) is 5.48. The molecule has 0 radical (unpaired) electrons. The van der Waals surface area contributed by atoms with Crippen molar-refractivity contribution in [3.63, 3.8) is 0 Å².